The zero-order chi connectivity index (χ0) is 9.97. The fourth-order valence-electron chi connectivity index (χ4n) is 1.34. The lowest BCUT2D eigenvalue weighted by Gasteiger charge is -2.02. The highest BCUT2D eigenvalue weighted by atomic mass is 79.9. The van der Waals surface area contributed by atoms with Crippen LogP contribution in [0.5, 0.6) is 0 Å². The van der Waals surface area contributed by atoms with Crippen LogP contribution in [0.3, 0.4) is 0 Å². The van der Waals surface area contributed by atoms with Crippen LogP contribution in [0.4, 0.5) is 0 Å². The van der Waals surface area contributed by atoms with Crippen molar-refractivity contribution in [3.05, 3.63) is 57.5 Å². The predicted octanol–water partition coefficient (Wildman–Crippen LogP) is 4.88. The molecular formula is C12H8Br2. The molecule has 14 heavy (non-hydrogen) atoms. The molecule has 0 aliphatic heterocycles. The molecule has 0 heterocycles. The van der Waals surface area contributed by atoms with E-state index in [2.05, 4.69) is 56.1 Å². The van der Waals surface area contributed by atoms with Gasteiger partial charge >= 0.3 is 0 Å². The monoisotopic (exact) mass is 310 g/mol. The molecule has 0 unspecified atom stereocenters. The van der Waals surface area contributed by atoms with E-state index in [1.807, 2.05) is 24.3 Å². The molecule has 0 N–H and O–H groups in total. The van der Waals surface area contributed by atoms with Crippen molar-refractivity contribution in [3.63, 3.8) is 0 Å². The van der Waals surface area contributed by atoms with Gasteiger partial charge in [-0.2, -0.15) is 0 Å². The van der Waals surface area contributed by atoms with Gasteiger partial charge in [0.2, 0.25) is 0 Å². The Morgan fingerprint density at radius 2 is 1.07 bits per heavy atom. The lowest BCUT2D eigenvalue weighted by molar-refractivity contribution is 1.57. The molecule has 0 saturated carbocycles. The summed E-state index contributed by atoms with van der Waals surface area (Å²) < 4.78 is 2.21. The normalized spacial score (nSPS) is 10.1. The Hall–Kier alpha value is -0.600. The molecule has 0 atom stereocenters. The summed E-state index contributed by atoms with van der Waals surface area (Å²) in [4.78, 5) is 0. The average Bonchev–Trinajstić information content (AvgIpc) is 2.18. The molecule has 2 heteroatoms. The zero-order valence-corrected chi connectivity index (χ0v) is 10.5. The Kier molecular flexibility index (Phi) is 3.04. The average molecular weight is 312 g/mol. The molecule has 2 aromatic rings. The number of halogens is 2. The minimum atomic E-state index is 1.11. The van der Waals surface area contributed by atoms with Gasteiger partial charge in [0, 0.05) is 8.95 Å². The Morgan fingerprint density at radius 3 is 1.43 bits per heavy atom. The SMILES string of the molecule is Brc1cccc(-c2cccc(Br)c2)c1. The van der Waals surface area contributed by atoms with Crippen molar-refractivity contribution in [3.8, 4) is 11.1 Å². The molecule has 0 bridgehead atoms. The van der Waals surface area contributed by atoms with Crippen molar-refractivity contribution in [1.29, 1.82) is 0 Å². The van der Waals surface area contributed by atoms with E-state index < -0.39 is 0 Å². The molecule has 0 aliphatic carbocycles. The van der Waals surface area contributed by atoms with Crippen molar-refractivity contribution in [2.75, 3.05) is 0 Å². The van der Waals surface area contributed by atoms with Gasteiger partial charge < -0.3 is 0 Å². The van der Waals surface area contributed by atoms with Gasteiger partial charge in [-0.3, -0.25) is 0 Å². The van der Waals surface area contributed by atoms with Crippen LogP contribution >= 0.6 is 31.9 Å². The van der Waals surface area contributed by atoms with Crippen LogP contribution in [0, 0.1) is 0 Å². The molecule has 70 valence electrons. The fourth-order valence-corrected chi connectivity index (χ4v) is 2.13. The van der Waals surface area contributed by atoms with Crippen molar-refractivity contribution in [2.24, 2.45) is 0 Å². The minimum Gasteiger partial charge on any atom is -0.0605 e. The molecule has 0 nitrogen and oxygen atoms in total. The van der Waals surface area contributed by atoms with Crippen molar-refractivity contribution >= 4 is 31.9 Å². The van der Waals surface area contributed by atoms with E-state index in [1.165, 1.54) is 11.1 Å². The van der Waals surface area contributed by atoms with Crippen LogP contribution < -0.4 is 0 Å². The second-order valence-electron chi connectivity index (χ2n) is 3.02. The van der Waals surface area contributed by atoms with Gasteiger partial charge in [-0.25, -0.2) is 0 Å². The van der Waals surface area contributed by atoms with Crippen LogP contribution in [0.25, 0.3) is 11.1 Å². The van der Waals surface area contributed by atoms with Gasteiger partial charge in [-0.1, -0.05) is 56.1 Å². The van der Waals surface area contributed by atoms with E-state index in [9.17, 15) is 0 Å². The first-order valence-electron chi connectivity index (χ1n) is 4.27. The molecule has 0 aromatic heterocycles. The van der Waals surface area contributed by atoms with Crippen molar-refractivity contribution in [2.45, 2.75) is 0 Å². The third-order valence-corrected chi connectivity index (χ3v) is 2.97. The smallest absolute Gasteiger partial charge is 0.0181 e. The maximum absolute atomic E-state index is 3.47. The third-order valence-electron chi connectivity index (χ3n) is 1.98. The van der Waals surface area contributed by atoms with E-state index in [4.69, 9.17) is 0 Å². The highest BCUT2D eigenvalue weighted by molar-refractivity contribution is 9.10. The summed E-state index contributed by atoms with van der Waals surface area (Å²) in [6.07, 6.45) is 0. The quantitative estimate of drug-likeness (QED) is 0.704. The van der Waals surface area contributed by atoms with E-state index >= 15 is 0 Å². The second kappa shape index (κ2) is 4.28. The number of rotatable bonds is 1. The minimum absolute atomic E-state index is 1.11. The second-order valence-corrected chi connectivity index (χ2v) is 4.85. The highest BCUT2D eigenvalue weighted by Gasteiger charge is 1.97. The van der Waals surface area contributed by atoms with Gasteiger partial charge in [0.1, 0.15) is 0 Å². The van der Waals surface area contributed by atoms with Crippen LogP contribution in [-0.4, -0.2) is 0 Å². The first-order chi connectivity index (χ1) is 6.75. The zero-order valence-electron chi connectivity index (χ0n) is 7.37. The molecule has 0 spiro atoms. The van der Waals surface area contributed by atoms with Crippen LogP contribution in [0.2, 0.25) is 0 Å². The molecule has 0 radical (unpaired) electrons. The first-order valence-corrected chi connectivity index (χ1v) is 5.86. The first kappa shape index (κ1) is 9.94. The largest absolute Gasteiger partial charge is 0.0605 e. The van der Waals surface area contributed by atoms with Crippen LogP contribution in [-0.2, 0) is 0 Å². The topological polar surface area (TPSA) is 0 Å². The van der Waals surface area contributed by atoms with Gasteiger partial charge in [0.25, 0.3) is 0 Å². The Labute approximate surface area is 100 Å². The Morgan fingerprint density at radius 1 is 0.643 bits per heavy atom. The third kappa shape index (κ3) is 2.25. The summed E-state index contributed by atoms with van der Waals surface area (Å²) in [5, 5.41) is 0. The summed E-state index contributed by atoms with van der Waals surface area (Å²) in [6, 6.07) is 16.6. The number of hydrogen-bond acceptors (Lipinski definition) is 0. The molecule has 0 fully saturated rings. The van der Waals surface area contributed by atoms with Crippen molar-refractivity contribution < 1.29 is 0 Å². The number of hydrogen-bond donors (Lipinski definition) is 0. The predicted molar refractivity (Wildman–Crippen MR) is 67.3 cm³/mol. The summed E-state index contributed by atoms with van der Waals surface area (Å²) >= 11 is 6.93. The maximum Gasteiger partial charge on any atom is 0.0181 e. The van der Waals surface area contributed by atoms with E-state index in [0.717, 1.165) is 8.95 Å². The standard InChI is InChI=1S/C12H8Br2/c13-11-5-1-3-9(7-11)10-4-2-6-12(14)8-10/h1-8H. The van der Waals surface area contributed by atoms with E-state index in [0.29, 0.717) is 0 Å². The Balaban J connectivity index is 2.49. The van der Waals surface area contributed by atoms with Crippen molar-refractivity contribution in [1.82, 2.24) is 0 Å². The van der Waals surface area contributed by atoms with Gasteiger partial charge in [0.15, 0.2) is 0 Å². The van der Waals surface area contributed by atoms with Gasteiger partial charge in [0.05, 0.1) is 0 Å². The summed E-state index contributed by atoms with van der Waals surface area (Å²) in [5.74, 6) is 0. The lowest BCUT2D eigenvalue weighted by atomic mass is 10.1. The lowest BCUT2D eigenvalue weighted by Crippen LogP contribution is -1.77. The molecule has 2 aromatic carbocycles. The molecule has 0 aliphatic rings. The van der Waals surface area contributed by atoms with Crippen LogP contribution in [0.1, 0.15) is 0 Å². The number of benzene rings is 2. The molecule has 0 saturated heterocycles. The summed E-state index contributed by atoms with van der Waals surface area (Å²) in [6.45, 7) is 0. The molecule has 0 amide bonds. The van der Waals surface area contributed by atoms with Gasteiger partial charge in [-0.05, 0) is 35.4 Å². The molecule has 2 rings (SSSR count). The summed E-state index contributed by atoms with van der Waals surface area (Å²) in [7, 11) is 0. The summed E-state index contributed by atoms with van der Waals surface area (Å²) in [5.41, 5.74) is 2.45. The highest BCUT2D eigenvalue weighted by Crippen LogP contribution is 2.25. The molecular weight excluding hydrogens is 304 g/mol. The van der Waals surface area contributed by atoms with Crippen LogP contribution in [0.15, 0.2) is 57.5 Å². The fraction of sp³-hybridized carbons (Fsp3) is 0. The maximum atomic E-state index is 3.47. The van der Waals surface area contributed by atoms with E-state index in [-0.39, 0.29) is 0 Å². The van der Waals surface area contributed by atoms with E-state index in [1.54, 1.807) is 0 Å². The van der Waals surface area contributed by atoms with Gasteiger partial charge in [-0.15, -0.1) is 0 Å². The Bertz CT molecular complexity index is 406.